The van der Waals surface area contributed by atoms with E-state index in [-0.39, 0.29) is 0 Å². The lowest BCUT2D eigenvalue weighted by Gasteiger charge is -2.24. The monoisotopic (exact) mass is 231 g/mol. The van der Waals surface area contributed by atoms with Crippen molar-refractivity contribution in [1.29, 1.82) is 0 Å². The van der Waals surface area contributed by atoms with Crippen LogP contribution in [0.2, 0.25) is 0 Å². The van der Waals surface area contributed by atoms with Gasteiger partial charge in [-0.2, -0.15) is 0 Å². The van der Waals surface area contributed by atoms with Crippen LogP contribution in [-0.4, -0.2) is 36.1 Å². The van der Waals surface area contributed by atoms with Gasteiger partial charge in [0.15, 0.2) is 0 Å². The zero-order valence-electron chi connectivity index (χ0n) is 9.84. The molecule has 1 aromatic carbocycles. The number of carbonyl (C=O) groups excluding carboxylic acids is 1. The number of rotatable bonds is 4. The number of nitrogens with zero attached hydrogens (tertiary/aromatic N) is 1. The number of likely N-dealkylation sites (tertiary alicyclic amines) is 1. The molecule has 0 radical (unpaired) electrons. The Bertz CT molecular complexity index is 400. The van der Waals surface area contributed by atoms with E-state index in [1.54, 1.807) is 0 Å². The summed E-state index contributed by atoms with van der Waals surface area (Å²) < 4.78 is 5.22. The molecule has 1 unspecified atom stereocenters. The van der Waals surface area contributed by atoms with Gasteiger partial charge in [-0.15, -0.1) is 0 Å². The normalized spacial score (nSPS) is 27.5. The molecule has 0 spiro atoms. The van der Waals surface area contributed by atoms with Gasteiger partial charge in [0.25, 0.3) is 0 Å². The van der Waals surface area contributed by atoms with E-state index in [1.807, 2.05) is 11.0 Å². The second kappa shape index (κ2) is 4.49. The molecule has 17 heavy (non-hydrogen) atoms. The van der Waals surface area contributed by atoms with E-state index in [1.165, 1.54) is 5.56 Å². The maximum absolute atomic E-state index is 11.8. The van der Waals surface area contributed by atoms with Crippen molar-refractivity contribution >= 4 is 5.91 Å². The lowest BCUT2D eigenvalue weighted by molar-refractivity contribution is -0.129. The first-order valence-corrected chi connectivity index (χ1v) is 6.28. The molecule has 3 nitrogen and oxygen atoms in total. The average Bonchev–Trinajstić information content (AvgIpc) is 3.10. The Morgan fingerprint density at radius 1 is 1.29 bits per heavy atom. The second-order valence-corrected chi connectivity index (χ2v) is 4.88. The third kappa shape index (κ3) is 2.50. The van der Waals surface area contributed by atoms with Gasteiger partial charge in [0.2, 0.25) is 5.91 Å². The Balaban J connectivity index is 1.66. The molecule has 0 aromatic heterocycles. The molecule has 0 aliphatic carbocycles. The summed E-state index contributed by atoms with van der Waals surface area (Å²) in [7, 11) is 0. The van der Waals surface area contributed by atoms with Crippen molar-refractivity contribution in [3.8, 4) is 0 Å². The fourth-order valence-electron chi connectivity index (χ4n) is 2.54. The van der Waals surface area contributed by atoms with Gasteiger partial charge < -0.3 is 9.64 Å². The quantitative estimate of drug-likeness (QED) is 0.738. The number of ether oxygens (including phenoxy) is 1. The highest BCUT2D eigenvalue weighted by Crippen LogP contribution is 2.25. The summed E-state index contributed by atoms with van der Waals surface area (Å²) in [6.07, 6.45) is 2.96. The van der Waals surface area contributed by atoms with Gasteiger partial charge in [-0.3, -0.25) is 4.79 Å². The minimum absolute atomic E-state index is 0.293. The highest BCUT2D eigenvalue weighted by molar-refractivity contribution is 5.78. The summed E-state index contributed by atoms with van der Waals surface area (Å²) >= 11 is 0. The van der Waals surface area contributed by atoms with Gasteiger partial charge >= 0.3 is 0 Å². The smallest absolute Gasteiger partial charge is 0.222 e. The van der Waals surface area contributed by atoms with E-state index in [4.69, 9.17) is 4.74 Å². The van der Waals surface area contributed by atoms with Crippen molar-refractivity contribution in [3.63, 3.8) is 0 Å². The Morgan fingerprint density at radius 2 is 2.06 bits per heavy atom. The summed E-state index contributed by atoms with van der Waals surface area (Å²) in [5.41, 5.74) is 1.31. The first kappa shape index (κ1) is 10.8. The molecule has 3 rings (SSSR count). The van der Waals surface area contributed by atoms with Crippen LogP contribution in [0.25, 0.3) is 0 Å². The summed E-state index contributed by atoms with van der Waals surface area (Å²) in [6, 6.07) is 10.8. The molecule has 2 aliphatic rings. The van der Waals surface area contributed by atoms with Crippen LogP contribution in [0.15, 0.2) is 30.3 Å². The minimum Gasteiger partial charge on any atom is -0.371 e. The summed E-state index contributed by atoms with van der Waals surface area (Å²) in [4.78, 5) is 13.8. The first-order chi connectivity index (χ1) is 8.33. The largest absolute Gasteiger partial charge is 0.371 e. The summed E-state index contributed by atoms with van der Waals surface area (Å²) in [5, 5.41) is 0. The first-order valence-electron chi connectivity index (χ1n) is 6.28. The van der Waals surface area contributed by atoms with E-state index in [9.17, 15) is 4.79 Å². The summed E-state index contributed by atoms with van der Waals surface area (Å²) in [6.45, 7) is 1.61. The Labute approximate surface area is 101 Å². The van der Waals surface area contributed by atoms with Crippen molar-refractivity contribution in [2.45, 2.75) is 31.4 Å². The molecule has 2 aliphatic heterocycles. The molecular weight excluding hydrogens is 214 g/mol. The highest BCUT2D eigenvalue weighted by Gasteiger charge is 2.35. The van der Waals surface area contributed by atoms with Crippen LogP contribution in [0, 0.1) is 0 Å². The van der Waals surface area contributed by atoms with Crippen LogP contribution in [-0.2, 0) is 16.0 Å². The van der Waals surface area contributed by atoms with E-state index in [0.717, 1.165) is 26.0 Å². The Hall–Kier alpha value is -1.35. The fraction of sp³-hybridized carbons (Fsp3) is 0.500. The molecule has 3 heteroatoms. The number of amides is 1. The molecule has 2 fully saturated rings. The number of epoxide rings is 1. The number of carbonyl (C=O) groups is 1. The SMILES string of the molecule is O=C1CC[C@H](Cc2ccccc2)N1CC1CO1. The lowest BCUT2D eigenvalue weighted by atomic mass is 10.0. The molecule has 0 N–H and O–H groups in total. The van der Waals surface area contributed by atoms with Gasteiger partial charge in [0.1, 0.15) is 0 Å². The number of benzene rings is 1. The van der Waals surface area contributed by atoms with Gasteiger partial charge in [0.05, 0.1) is 12.7 Å². The van der Waals surface area contributed by atoms with Crippen LogP contribution in [0.1, 0.15) is 18.4 Å². The van der Waals surface area contributed by atoms with Crippen LogP contribution in [0.5, 0.6) is 0 Å². The minimum atomic E-state index is 0.293. The van der Waals surface area contributed by atoms with Crippen molar-refractivity contribution < 1.29 is 9.53 Å². The molecule has 2 heterocycles. The van der Waals surface area contributed by atoms with E-state index in [2.05, 4.69) is 24.3 Å². The fourth-order valence-corrected chi connectivity index (χ4v) is 2.54. The second-order valence-electron chi connectivity index (χ2n) is 4.88. The van der Waals surface area contributed by atoms with Gasteiger partial charge in [0, 0.05) is 19.0 Å². The third-order valence-corrected chi connectivity index (χ3v) is 3.57. The average molecular weight is 231 g/mol. The molecular formula is C14H17NO2. The topological polar surface area (TPSA) is 32.8 Å². The maximum Gasteiger partial charge on any atom is 0.222 e. The zero-order chi connectivity index (χ0) is 11.7. The lowest BCUT2D eigenvalue weighted by Crippen LogP contribution is -2.37. The van der Waals surface area contributed by atoms with Gasteiger partial charge in [-0.05, 0) is 18.4 Å². The summed E-state index contributed by atoms with van der Waals surface area (Å²) in [5.74, 6) is 0.293. The predicted octanol–water partition coefficient (Wildman–Crippen LogP) is 1.62. The van der Waals surface area contributed by atoms with E-state index < -0.39 is 0 Å². The molecule has 2 atom stereocenters. The third-order valence-electron chi connectivity index (χ3n) is 3.57. The number of hydrogen-bond acceptors (Lipinski definition) is 2. The molecule has 0 saturated carbocycles. The molecule has 1 amide bonds. The highest BCUT2D eigenvalue weighted by atomic mass is 16.6. The standard InChI is InChI=1S/C14H17NO2/c16-14-7-6-12(15(14)9-13-10-17-13)8-11-4-2-1-3-5-11/h1-5,12-13H,6-10H2/t12-,13?/m1/s1. The van der Waals surface area contributed by atoms with E-state index >= 15 is 0 Å². The van der Waals surface area contributed by atoms with Crippen molar-refractivity contribution in [3.05, 3.63) is 35.9 Å². The van der Waals surface area contributed by atoms with Crippen molar-refractivity contribution in [2.75, 3.05) is 13.2 Å². The van der Waals surface area contributed by atoms with Crippen LogP contribution in [0.3, 0.4) is 0 Å². The van der Waals surface area contributed by atoms with Crippen molar-refractivity contribution in [2.24, 2.45) is 0 Å². The van der Waals surface area contributed by atoms with Crippen molar-refractivity contribution in [1.82, 2.24) is 4.90 Å². The van der Waals surface area contributed by atoms with E-state index in [0.29, 0.717) is 24.5 Å². The van der Waals surface area contributed by atoms with Crippen LogP contribution in [0.4, 0.5) is 0 Å². The van der Waals surface area contributed by atoms with Gasteiger partial charge in [-0.1, -0.05) is 30.3 Å². The molecule has 0 bridgehead atoms. The predicted molar refractivity (Wildman–Crippen MR) is 64.6 cm³/mol. The molecule has 1 aromatic rings. The van der Waals surface area contributed by atoms with Gasteiger partial charge in [-0.25, -0.2) is 0 Å². The van der Waals surface area contributed by atoms with Crippen LogP contribution >= 0.6 is 0 Å². The zero-order valence-corrected chi connectivity index (χ0v) is 9.84. The maximum atomic E-state index is 11.8. The molecule has 90 valence electrons. The van der Waals surface area contributed by atoms with Crippen LogP contribution < -0.4 is 0 Å². The Morgan fingerprint density at radius 3 is 2.76 bits per heavy atom. The number of hydrogen-bond donors (Lipinski definition) is 0. The Kier molecular flexibility index (Phi) is 2.85. The molecule has 2 saturated heterocycles.